The summed E-state index contributed by atoms with van der Waals surface area (Å²) in [5.41, 5.74) is 1.93. The second kappa shape index (κ2) is 5.77. The Kier molecular flexibility index (Phi) is 4.09. The van der Waals surface area contributed by atoms with E-state index >= 15 is 0 Å². The fourth-order valence-corrected chi connectivity index (χ4v) is 1.88. The van der Waals surface area contributed by atoms with Crippen molar-refractivity contribution in [3.63, 3.8) is 0 Å². The molecule has 0 amide bonds. The highest BCUT2D eigenvalue weighted by Gasteiger charge is 2.02. The van der Waals surface area contributed by atoms with E-state index < -0.39 is 0 Å². The van der Waals surface area contributed by atoms with Crippen LogP contribution in [0.25, 0.3) is 0 Å². The van der Waals surface area contributed by atoms with E-state index in [1.54, 1.807) is 13.3 Å². The molecule has 0 fully saturated rings. The Balaban J connectivity index is 2.08. The number of hydrogen-bond donors (Lipinski definition) is 1. The fourth-order valence-electron chi connectivity index (χ4n) is 1.47. The maximum Gasteiger partial charge on any atom is 0.318 e. The second-order valence-electron chi connectivity index (χ2n) is 3.75. The summed E-state index contributed by atoms with van der Waals surface area (Å²) in [6.07, 6.45) is 3.56. The Labute approximate surface area is 114 Å². The third-order valence-corrected chi connectivity index (χ3v) is 2.69. The first-order chi connectivity index (χ1) is 8.67. The molecule has 0 radical (unpaired) electrons. The van der Waals surface area contributed by atoms with Crippen LogP contribution in [0, 0.1) is 6.92 Å². The molecule has 0 saturated heterocycles. The molecular formula is C12H13BrN4O. The lowest BCUT2D eigenvalue weighted by Crippen LogP contribution is -2.04. The summed E-state index contributed by atoms with van der Waals surface area (Å²) < 4.78 is 5.98. The van der Waals surface area contributed by atoms with E-state index in [4.69, 9.17) is 4.74 Å². The molecule has 94 valence electrons. The van der Waals surface area contributed by atoms with E-state index in [0.717, 1.165) is 21.5 Å². The van der Waals surface area contributed by atoms with Crippen molar-refractivity contribution >= 4 is 21.7 Å². The summed E-state index contributed by atoms with van der Waals surface area (Å²) in [4.78, 5) is 12.4. The van der Waals surface area contributed by atoms with Crippen LogP contribution in [-0.2, 0) is 6.54 Å². The van der Waals surface area contributed by atoms with Crippen LogP contribution >= 0.6 is 15.9 Å². The van der Waals surface area contributed by atoms with Gasteiger partial charge in [-0.05, 0) is 34.5 Å². The Bertz CT molecular complexity index is 547. The number of nitrogens with zero attached hydrogens (tertiary/aromatic N) is 3. The van der Waals surface area contributed by atoms with Crippen LogP contribution < -0.4 is 10.1 Å². The van der Waals surface area contributed by atoms with Gasteiger partial charge in [-0.25, -0.2) is 4.98 Å². The topological polar surface area (TPSA) is 59.9 Å². The van der Waals surface area contributed by atoms with Gasteiger partial charge in [0, 0.05) is 35.2 Å². The number of pyridine rings is 1. The summed E-state index contributed by atoms with van der Waals surface area (Å²) >= 11 is 3.39. The number of methoxy groups -OCH3 is 1. The van der Waals surface area contributed by atoms with Gasteiger partial charge in [0.15, 0.2) is 0 Å². The van der Waals surface area contributed by atoms with Crippen molar-refractivity contribution in [1.29, 1.82) is 0 Å². The highest BCUT2D eigenvalue weighted by molar-refractivity contribution is 9.10. The summed E-state index contributed by atoms with van der Waals surface area (Å²) in [5.74, 6) is 0.735. The van der Waals surface area contributed by atoms with Gasteiger partial charge in [0.1, 0.15) is 5.82 Å². The zero-order valence-electron chi connectivity index (χ0n) is 10.1. The summed E-state index contributed by atoms with van der Waals surface area (Å²) in [5, 5.41) is 3.21. The summed E-state index contributed by atoms with van der Waals surface area (Å²) in [7, 11) is 1.55. The van der Waals surface area contributed by atoms with E-state index in [1.165, 1.54) is 0 Å². The number of nitrogens with one attached hydrogen (secondary N) is 1. The number of anilines is 1. The minimum Gasteiger partial charge on any atom is -0.467 e. The van der Waals surface area contributed by atoms with Crippen molar-refractivity contribution in [3.8, 4) is 6.01 Å². The minimum absolute atomic E-state index is 0.366. The molecule has 0 bridgehead atoms. The Morgan fingerprint density at radius 2 is 2.11 bits per heavy atom. The number of halogens is 1. The van der Waals surface area contributed by atoms with Crippen molar-refractivity contribution in [2.24, 2.45) is 0 Å². The third-order valence-electron chi connectivity index (χ3n) is 2.25. The second-order valence-corrected chi connectivity index (χ2v) is 4.66. The molecule has 1 N–H and O–H groups in total. The van der Waals surface area contributed by atoms with Gasteiger partial charge in [0.2, 0.25) is 0 Å². The van der Waals surface area contributed by atoms with E-state index in [-0.39, 0.29) is 0 Å². The van der Waals surface area contributed by atoms with Crippen LogP contribution in [0.15, 0.2) is 29.0 Å². The van der Waals surface area contributed by atoms with Gasteiger partial charge in [-0.15, -0.1) is 0 Å². The molecule has 5 nitrogen and oxygen atoms in total. The van der Waals surface area contributed by atoms with Gasteiger partial charge < -0.3 is 10.1 Å². The number of rotatable bonds is 4. The molecule has 2 aromatic heterocycles. The van der Waals surface area contributed by atoms with Crippen LogP contribution in [0.3, 0.4) is 0 Å². The van der Waals surface area contributed by atoms with Gasteiger partial charge in [-0.2, -0.15) is 4.98 Å². The average Bonchev–Trinajstić information content (AvgIpc) is 2.36. The molecule has 18 heavy (non-hydrogen) atoms. The van der Waals surface area contributed by atoms with Gasteiger partial charge >= 0.3 is 6.01 Å². The average molecular weight is 309 g/mol. The summed E-state index contributed by atoms with van der Waals surface area (Å²) in [6, 6.07) is 4.24. The molecule has 6 heteroatoms. The molecule has 0 atom stereocenters. The number of ether oxygens (including phenoxy) is 1. The van der Waals surface area contributed by atoms with Gasteiger partial charge in [0.25, 0.3) is 0 Å². The van der Waals surface area contributed by atoms with Gasteiger partial charge in [-0.3, -0.25) is 4.98 Å². The van der Waals surface area contributed by atoms with Crippen molar-refractivity contribution in [1.82, 2.24) is 15.0 Å². The number of hydrogen-bond acceptors (Lipinski definition) is 5. The maximum absolute atomic E-state index is 5.02. The Morgan fingerprint density at radius 3 is 2.83 bits per heavy atom. The molecule has 2 aromatic rings. The van der Waals surface area contributed by atoms with E-state index in [0.29, 0.717) is 12.6 Å². The standard InChI is InChI=1S/C12H13BrN4O/c1-8-3-11(17-12(16-8)18-2)15-6-9-4-10(13)7-14-5-9/h3-5,7H,6H2,1-2H3,(H,15,16,17). The lowest BCUT2D eigenvalue weighted by atomic mass is 10.3. The zero-order valence-corrected chi connectivity index (χ0v) is 11.7. The first-order valence-corrected chi connectivity index (χ1v) is 6.19. The summed E-state index contributed by atoms with van der Waals surface area (Å²) in [6.45, 7) is 2.54. The smallest absolute Gasteiger partial charge is 0.318 e. The van der Waals surface area contributed by atoms with Gasteiger partial charge in [0.05, 0.1) is 7.11 Å². The predicted molar refractivity (Wildman–Crippen MR) is 72.6 cm³/mol. The predicted octanol–water partition coefficient (Wildman–Crippen LogP) is 2.56. The Morgan fingerprint density at radius 1 is 1.28 bits per heavy atom. The SMILES string of the molecule is COc1nc(C)cc(NCc2cncc(Br)c2)n1. The Hall–Kier alpha value is -1.69. The van der Waals surface area contributed by atoms with E-state index in [9.17, 15) is 0 Å². The normalized spacial score (nSPS) is 10.2. The largest absolute Gasteiger partial charge is 0.467 e. The zero-order chi connectivity index (χ0) is 13.0. The minimum atomic E-state index is 0.366. The number of aromatic nitrogens is 3. The lowest BCUT2D eigenvalue weighted by Gasteiger charge is -2.07. The third kappa shape index (κ3) is 3.40. The first kappa shape index (κ1) is 12.8. The van der Waals surface area contributed by atoms with Crippen molar-refractivity contribution in [2.75, 3.05) is 12.4 Å². The molecule has 0 aliphatic heterocycles. The molecule has 2 heterocycles. The molecule has 0 aliphatic carbocycles. The van der Waals surface area contributed by atoms with Crippen LogP contribution in [0.2, 0.25) is 0 Å². The van der Waals surface area contributed by atoms with E-state index in [2.05, 4.69) is 36.2 Å². The molecule has 0 spiro atoms. The van der Waals surface area contributed by atoms with Crippen molar-refractivity contribution in [2.45, 2.75) is 13.5 Å². The van der Waals surface area contributed by atoms with Crippen molar-refractivity contribution in [3.05, 3.63) is 40.3 Å². The molecular weight excluding hydrogens is 296 g/mol. The van der Waals surface area contributed by atoms with E-state index in [1.807, 2.05) is 25.3 Å². The molecule has 2 rings (SSSR count). The van der Waals surface area contributed by atoms with Crippen molar-refractivity contribution < 1.29 is 4.74 Å². The highest BCUT2D eigenvalue weighted by atomic mass is 79.9. The maximum atomic E-state index is 5.02. The monoisotopic (exact) mass is 308 g/mol. The molecule has 0 aromatic carbocycles. The first-order valence-electron chi connectivity index (χ1n) is 5.40. The fraction of sp³-hybridized carbons (Fsp3) is 0.250. The number of aryl methyl sites for hydroxylation is 1. The van der Waals surface area contributed by atoms with Crippen LogP contribution in [0.1, 0.15) is 11.3 Å². The molecule has 0 aliphatic rings. The molecule has 0 saturated carbocycles. The van der Waals surface area contributed by atoms with Crippen LogP contribution in [0.4, 0.5) is 5.82 Å². The van der Waals surface area contributed by atoms with Crippen LogP contribution in [-0.4, -0.2) is 22.1 Å². The van der Waals surface area contributed by atoms with Crippen LogP contribution in [0.5, 0.6) is 6.01 Å². The highest BCUT2D eigenvalue weighted by Crippen LogP contribution is 2.14. The quantitative estimate of drug-likeness (QED) is 0.940. The van der Waals surface area contributed by atoms with Gasteiger partial charge in [-0.1, -0.05) is 0 Å². The molecule has 0 unspecified atom stereocenters. The lowest BCUT2D eigenvalue weighted by molar-refractivity contribution is 0.379.